The first kappa shape index (κ1) is 12.2. The van der Waals surface area contributed by atoms with Crippen LogP contribution in [-0.2, 0) is 13.0 Å². The molecule has 100 valence electrons. The van der Waals surface area contributed by atoms with Gasteiger partial charge < -0.3 is 10.1 Å². The molecule has 19 heavy (non-hydrogen) atoms. The van der Waals surface area contributed by atoms with Crippen LogP contribution in [0.5, 0.6) is 5.75 Å². The summed E-state index contributed by atoms with van der Waals surface area (Å²) >= 11 is 0. The van der Waals surface area contributed by atoms with Gasteiger partial charge in [0.2, 0.25) is 0 Å². The molecule has 3 rings (SSSR count). The summed E-state index contributed by atoms with van der Waals surface area (Å²) in [7, 11) is 1.72. The second-order valence-electron chi connectivity index (χ2n) is 4.99. The van der Waals surface area contributed by atoms with Gasteiger partial charge in [-0.3, -0.25) is 4.57 Å². The molecule has 1 aromatic carbocycles. The van der Waals surface area contributed by atoms with Gasteiger partial charge in [0.25, 0.3) is 0 Å². The van der Waals surface area contributed by atoms with E-state index in [1.54, 1.807) is 7.11 Å². The lowest BCUT2D eigenvalue weighted by molar-refractivity contribution is 0.412. The van der Waals surface area contributed by atoms with E-state index in [4.69, 9.17) is 4.74 Å². The van der Waals surface area contributed by atoms with Gasteiger partial charge in [-0.05, 0) is 31.5 Å². The third kappa shape index (κ3) is 2.02. The summed E-state index contributed by atoms with van der Waals surface area (Å²) in [5, 5.41) is 3.37. The van der Waals surface area contributed by atoms with Crippen LogP contribution in [0.1, 0.15) is 22.8 Å². The molecule has 0 atom stereocenters. The van der Waals surface area contributed by atoms with Crippen molar-refractivity contribution in [1.29, 1.82) is 0 Å². The fourth-order valence-corrected chi connectivity index (χ4v) is 2.74. The molecule has 0 bridgehead atoms. The molecule has 2 aromatic rings. The standard InChI is InChI=1S/C15H19N3O/c1-10-4-5-15(19-3)14(8-10)18-11(2)17-12-9-16-7-6-13(12)18/h4-5,8,16H,6-7,9H2,1-3H3. The van der Waals surface area contributed by atoms with Crippen molar-refractivity contribution >= 4 is 0 Å². The minimum Gasteiger partial charge on any atom is -0.495 e. The Morgan fingerprint density at radius 1 is 1.32 bits per heavy atom. The maximum absolute atomic E-state index is 5.51. The summed E-state index contributed by atoms with van der Waals surface area (Å²) in [4.78, 5) is 4.68. The molecule has 0 fully saturated rings. The van der Waals surface area contributed by atoms with Crippen molar-refractivity contribution in [2.75, 3.05) is 13.7 Å². The van der Waals surface area contributed by atoms with Crippen LogP contribution in [0.2, 0.25) is 0 Å². The Bertz CT molecular complexity index is 616. The van der Waals surface area contributed by atoms with Gasteiger partial charge in [0.05, 0.1) is 18.5 Å². The van der Waals surface area contributed by atoms with Crippen LogP contribution >= 0.6 is 0 Å². The zero-order valence-corrected chi connectivity index (χ0v) is 11.7. The summed E-state index contributed by atoms with van der Waals surface area (Å²) in [6.07, 6.45) is 1.01. The number of aromatic nitrogens is 2. The van der Waals surface area contributed by atoms with Crippen LogP contribution in [0.3, 0.4) is 0 Å². The van der Waals surface area contributed by atoms with Crippen molar-refractivity contribution in [3.05, 3.63) is 41.0 Å². The Kier molecular flexibility index (Phi) is 3.03. The molecule has 1 aliphatic heterocycles. The Morgan fingerprint density at radius 3 is 2.95 bits per heavy atom. The van der Waals surface area contributed by atoms with Crippen LogP contribution in [0, 0.1) is 13.8 Å². The van der Waals surface area contributed by atoms with Gasteiger partial charge in [-0.25, -0.2) is 4.98 Å². The van der Waals surface area contributed by atoms with E-state index in [0.717, 1.165) is 42.5 Å². The Balaban J connectivity index is 2.21. The molecule has 1 aromatic heterocycles. The maximum Gasteiger partial charge on any atom is 0.142 e. The van der Waals surface area contributed by atoms with Crippen LogP contribution < -0.4 is 10.1 Å². The van der Waals surface area contributed by atoms with Gasteiger partial charge in [-0.15, -0.1) is 0 Å². The molecule has 1 N–H and O–H groups in total. The number of benzene rings is 1. The highest BCUT2D eigenvalue weighted by atomic mass is 16.5. The maximum atomic E-state index is 5.51. The van der Waals surface area contributed by atoms with Gasteiger partial charge in [-0.1, -0.05) is 6.07 Å². The molecular formula is C15H19N3O. The van der Waals surface area contributed by atoms with Gasteiger partial charge in [-0.2, -0.15) is 0 Å². The first-order chi connectivity index (χ1) is 9.20. The van der Waals surface area contributed by atoms with Crippen molar-refractivity contribution in [1.82, 2.24) is 14.9 Å². The lowest BCUT2D eigenvalue weighted by Gasteiger charge is -2.18. The van der Waals surface area contributed by atoms with E-state index in [0.29, 0.717) is 0 Å². The van der Waals surface area contributed by atoms with Crippen LogP contribution in [0.15, 0.2) is 18.2 Å². The van der Waals surface area contributed by atoms with Gasteiger partial charge in [0.1, 0.15) is 11.6 Å². The predicted octanol–water partition coefficient (Wildman–Crippen LogP) is 2.14. The highest BCUT2D eigenvalue weighted by Gasteiger charge is 2.20. The van der Waals surface area contributed by atoms with E-state index in [-0.39, 0.29) is 0 Å². The number of nitrogens with zero attached hydrogens (tertiary/aromatic N) is 2. The van der Waals surface area contributed by atoms with E-state index in [2.05, 4.69) is 40.8 Å². The first-order valence-corrected chi connectivity index (χ1v) is 6.63. The molecule has 1 aliphatic rings. The van der Waals surface area contributed by atoms with Gasteiger partial charge in [0, 0.05) is 25.2 Å². The predicted molar refractivity (Wildman–Crippen MR) is 75.0 cm³/mol. The lowest BCUT2D eigenvalue weighted by Crippen LogP contribution is -2.24. The van der Waals surface area contributed by atoms with E-state index in [1.807, 2.05) is 6.07 Å². The third-order valence-corrected chi connectivity index (χ3v) is 3.63. The largest absolute Gasteiger partial charge is 0.495 e. The summed E-state index contributed by atoms with van der Waals surface area (Å²) < 4.78 is 7.74. The second-order valence-corrected chi connectivity index (χ2v) is 4.99. The quantitative estimate of drug-likeness (QED) is 0.896. The average molecular weight is 257 g/mol. The van der Waals surface area contributed by atoms with E-state index in [1.165, 1.54) is 11.3 Å². The number of hydrogen-bond acceptors (Lipinski definition) is 3. The molecule has 4 heteroatoms. The smallest absolute Gasteiger partial charge is 0.142 e. The third-order valence-electron chi connectivity index (χ3n) is 3.63. The van der Waals surface area contributed by atoms with Crippen molar-refractivity contribution in [3.63, 3.8) is 0 Å². The van der Waals surface area contributed by atoms with Crippen molar-refractivity contribution in [2.24, 2.45) is 0 Å². The summed E-state index contributed by atoms with van der Waals surface area (Å²) in [5.74, 6) is 1.92. The minimum absolute atomic E-state index is 0.858. The first-order valence-electron chi connectivity index (χ1n) is 6.63. The molecule has 0 unspecified atom stereocenters. The second kappa shape index (κ2) is 4.70. The van der Waals surface area contributed by atoms with Crippen molar-refractivity contribution in [2.45, 2.75) is 26.8 Å². The number of nitrogens with one attached hydrogen (secondary N) is 1. The van der Waals surface area contributed by atoms with E-state index < -0.39 is 0 Å². The van der Waals surface area contributed by atoms with E-state index >= 15 is 0 Å². The fraction of sp³-hybridized carbons (Fsp3) is 0.400. The summed E-state index contributed by atoms with van der Waals surface area (Å²) in [5.41, 5.74) is 4.79. The van der Waals surface area contributed by atoms with Gasteiger partial charge in [0.15, 0.2) is 0 Å². The zero-order chi connectivity index (χ0) is 13.4. The molecule has 0 spiro atoms. The van der Waals surface area contributed by atoms with Gasteiger partial charge >= 0.3 is 0 Å². The molecule has 0 saturated heterocycles. The van der Waals surface area contributed by atoms with Crippen LogP contribution in [-0.4, -0.2) is 23.2 Å². The number of aryl methyl sites for hydroxylation is 2. The Labute approximate surface area is 113 Å². The molecular weight excluding hydrogens is 238 g/mol. The highest BCUT2D eigenvalue weighted by molar-refractivity contribution is 5.51. The van der Waals surface area contributed by atoms with E-state index in [9.17, 15) is 0 Å². The number of fused-ring (bicyclic) bond motifs is 1. The monoisotopic (exact) mass is 257 g/mol. The lowest BCUT2D eigenvalue weighted by atomic mass is 10.1. The fourth-order valence-electron chi connectivity index (χ4n) is 2.74. The number of imidazole rings is 1. The van der Waals surface area contributed by atoms with Crippen LogP contribution in [0.25, 0.3) is 5.69 Å². The molecule has 0 saturated carbocycles. The normalized spacial score (nSPS) is 14.3. The SMILES string of the molecule is COc1ccc(C)cc1-n1c(C)nc2c1CCNC2. The molecule has 0 radical (unpaired) electrons. The average Bonchev–Trinajstić information content (AvgIpc) is 2.74. The topological polar surface area (TPSA) is 39.1 Å². The molecule has 2 heterocycles. The zero-order valence-electron chi connectivity index (χ0n) is 11.7. The number of rotatable bonds is 2. The Morgan fingerprint density at radius 2 is 2.16 bits per heavy atom. The summed E-state index contributed by atoms with van der Waals surface area (Å²) in [6, 6.07) is 6.26. The number of ether oxygens (including phenoxy) is 1. The molecule has 0 aliphatic carbocycles. The van der Waals surface area contributed by atoms with Crippen LogP contribution in [0.4, 0.5) is 0 Å². The number of methoxy groups -OCH3 is 1. The molecule has 4 nitrogen and oxygen atoms in total. The Hall–Kier alpha value is -1.81. The highest BCUT2D eigenvalue weighted by Crippen LogP contribution is 2.29. The minimum atomic E-state index is 0.858. The summed E-state index contributed by atoms with van der Waals surface area (Å²) in [6.45, 7) is 6.02. The van der Waals surface area contributed by atoms with Crippen molar-refractivity contribution in [3.8, 4) is 11.4 Å². The van der Waals surface area contributed by atoms with Crippen molar-refractivity contribution < 1.29 is 4.74 Å². The number of hydrogen-bond donors (Lipinski definition) is 1. The molecule has 0 amide bonds.